The number of aryl methyl sites for hydroxylation is 1. The van der Waals surface area contributed by atoms with Gasteiger partial charge in [0.2, 0.25) is 0 Å². The monoisotopic (exact) mass is 453 g/mol. The molecule has 1 heterocycles. The molecule has 0 spiro atoms. The van der Waals surface area contributed by atoms with Crippen LogP contribution in [0.15, 0.2) is 30.3 Å². The average Bonchev–Trinajstić information content (AvgIpc) is 3.21. The van der Waals surface area contributed by atoms with Gasteiger partial charge in [-0.05, 0) is 72.9 Å². The molecule has 0 amide bonds. The number of unbranched alkanes of at least 4 members (excludes halogenated alkanes) is 2. The molecular formula is C28H39NO4. The summed E-state index contributed by atoms with van der Waals surface area (Å²) >= 11 is 0. The average molecular weight is 454 g/mol. The Bertz CT molecular complexity index is 926. The smallest absolute Gasteiger partial charge is 0.310 e. The van der Waals surface area contributed by atoms with Crippen LogP contribution >= 0.6 is 0 Å². The summed E-state index contributed by atoms with van der Waals surface area (Å²) in [7, 11) is 1.66. The highest BCUT2D eigenvalue weighted by Gasteiger charge is 2.41. The standard InChI is InChI=1S/C28H39NO4/c1-5-7-9-22-11-10-20-17-25(28(31)33-14-8-6-2)26(27(20)29-22)24-13-12-23(32-4)16-21(24)15-19(3)18-30/h10-13,16,19,25-26,30H,5-9,14-15,17-18H2,1-4H3/t19?,25-,26+/m1/s1. The van der Waals surface area contributed by atoms with E-state index in [-0.39, 0.29) is 30.3 Å². The van der Waals surface area contributed by atoms with Gasteiger partial charge in [-0.2, -0.15) is 0 Å². The van der Waals surface area contributed by atoms with Crippen molar-refractivity contribution >= 4 is 5.97 Å². The van der Waals surface area contributed by atoms with Crippen LogP contribution in [0, 0.1) is 11.8 Å². The molecule has 1 unspecified atom stereocenters. The van der Waals surface area contributed by atoms with Gasteiger partial charge in [-0.1, -0.05) is 45.7 Å². The molecule has 2 aromatic rings. The number of fused-ring (bicyclic) bond motifs is 1. The zero-order valence-electron chi connectivity index (χ0n) is 20.6. The largest absolute Gasteiger partial charge is 0.497 e. The van der Waals surface area contributed by atoms with Gasteiger partial charge in [0.1, 0.15) is 5.75 Å². The van der Waals surface area contributed by atoms with Crippen molar-refractivity contribution in [2.75, 3.05) is 20.3 Å². The number of rotatable bonds is 12. The fourth-order valence-corrected chi connectivity index (χ4v) is 4.67. The highest BCUT2D eigenvalue weighted by atomic mass is 16.5. The summed E-state index contributed by atoms with van der Waals surface area (Å²) in [4.78, 5) is 18.3. The molecule has 180 valence electrons. The number of aliphatic hydroxyl groups excluding tert-OH is 1. The lowest BCUT2D eigenvalue weighted by Gasteiger charge is -2.24. The molecule has 3 atom stereocenters. The number of hydrogen-bond acceptors (Lipinski definition) is 5. The van der Waals surface area contributed by atoms with Crippen LogP contribution in [0.3, 0.4) is 0 Å². The van der Waals surface area contributed by atoms with Crippen LogP contribution in [0.25, 0.3) is 0 Å². The number of methoxy groups -OCH3 is 1. The van der Waals surface area contributed by atoms with Crippen LogP contribution in [-0.2, 0) is 28.8 Å². The van der Waals surface area contributed by atoms with E-state index in [0.717, 1.165) is 65.9 Å². The van der Waals surface area contributed by atoms with Crippen molar-refractivity contribution in [1.29, 1.82) is 0 Å². The minimum absolute atomic E-state index is 0.107. The Kier molecular flexibility index (Phi) is 9.30. The molecule has 0 bridgehead atoms. The van der Waals surface area contributed by atoms with Gasteiger partial charge in [-0.3, -0.25) is 9.78 Å². The first-order valence-corrected chi connectivity index (χ1v) is 12.4. The Labute approximate surface area is 198 Å². The zero-order chi connectivity index (χ0) is 23.8. The Morgan fingerprint density at radius 3 is 2.67 bits per heavy atom. The molecule has 1 N–H and O–H groups in total. The number of carbonyl (C=O) groups is 1. The number of nitrogens with zero attached hydrogens (tertiary/aromatic N) is 1. The third-order valence-corrected chi connectivity index (χ3v) is 6.60. The molecule has 1 aliphatic carbocycles. The predicted octanol–water partition coefficient (Wildman–Crippen LogP) is 5.25. The lowest BCUT2D eigenvalue weighted by Crippen LogP contribution is -2.24. The van der Waals surface area contributed by atoms with Crippen molar-refractivity contribution in [3.63, 3.8) is 0 Å². The molecule has 33 heavy (non-hydrogen) atoms. The van der Waals surface area contributed by atoms with Gasteiger partial charge >= 0.3 is 5.97 Å². The second-order valence-corrected chi connectivity index (χ2v) is 9.32. The summed E-state index contributed by atoms with van der Waals surface area (Å²) in [6, 6.07) is 10.3. The zero-order valence-corrected chi connectivity index (χ0v) is 20.6. The molecule has 0 radical (unpaired) electrons. The number of aromatic nitrogens is 1. The first-order valence-electron chi connectivity index (χ1n) is 12.4. The highest BCUT2D eigenvalue weighted by Crippen LogP contribution is 2.44. The van der Waals surface area contributed by atoms with E-state index in [1.165, 1.54) is 0 Å². The number of pyridine rings is 1. The van der Waals surface area contributed by atoms with Gasteiger partial charge < -0.3 is 14.6 Å². The van der Waals surface area contributed by atoms with Crippen molar-refractivity contribution in [1.82, 2.24) is 4.98 Å². The van der Waals surface area contributed by atoms with E-state index >= 15 is 0 Å². The Balaban J connectivity index is 2.05. The van der Waals surface area contributed by atoms with Crippen LogP contribution < -0.4 is 4.74 Å². The fourth-order valence-electron chi connectivity index (χ4n) is 4.67. The number of benzene rings is 1. The van der Waals surface area contributed by atoms with Crippen LogP contribution in [0.5, 0.6) is 5.75 Å². The van der Waals surface area contributed by atoms with Gasteiger partial charge in [0, 0.05) is 18.2 Å². The maximum atomic E-state index is 13.2. The minimum Gasteiger partial charge on any atom is -0.497 e. The lowest BCUT2D eigenvalue weighted by atomic mass is 9.83. The quantitative estimate of drug-likeness (QED) is 0.351. The number of hydrogen-bond donors (Lipinski definition) is 1. The number of esters is 1. The molecule has 5 nitrogen and oxygen atoms in total. The molecule has 3 rings (SSSR count). The van der Waals surface area contributed by atoms with Crippen LogP contribution in [0.1, 0.15) is 80.5 Å². The maximum absolute atomic E-state index is 13.2. The molecule has 0 saturated carbocycles. The van der Waals surface area contributed by atoms with E-state index in [9.17, 15) is 9.90 Å². The van der Waals surface area contributed by atoms with Gasteiger partial charge in [-0.15, -0.1) is 0 Å². The number of carbonyl (C=O) groups excluding carboxylic acids is 1. The Morgan fingerprint density at radius 1 is 1.18 bits per heavy atom. The SMILES string of the molecule is CCCCOC(=O)[C@@H]1Cc2ccc(CCCC)nc2[C@H]1c1ccc(OC)cc1CC(C)CO. The topological polar surface area (TPSA) is 68.7 Å². The first-order chi connectivity index (χ1) is 16.0. The van der Waals surface area contributed by atoms with Crippen LogP contribution in [0.4, 0.5) is 0 Å². The van der Waals surface area contributed by atoms with Crippen LogP contribution in [-0.4, -0.2) is 36.4 Å². The summed E-state index contributed by atoms with van der Waals surface area (Å²) < 4.78 is 11.2. The fraction of sp³-hybridized carbons (Fsp3) is 0.571. The summed E-state index contributed by atoms with van der Waals surface area (Å²) in [6.07, 6.45) is 6.38. The van der Waals surface area contributed by atoms with Crippen molar-refractivity contribution in [3.05, 3.63) is 58.4 Å². The van der Waals surface area contributed by atoms with Gasteiger partial charge in [0.15, 0.2) is 0 Å². The second kappa shape index (κ2) is 12.2. The predicted molar refractivity (Wildman–Crippen MR) is 131 cm³/mol. The molecule has 1 aliphatic rings. The van der Waals surface area contributed by atoms with Crippen molar-refractivity contribution in [2.24, 2.45) is 11.8 Å². The van der Waals surface area contributed by atoms with E-state index in [2.05, 4.69) is 32.0 Å². The number of aliphatic hydroxyl groups is 1. The third-order valence-electron chi connectivity index (χ3n) is 6.60. The highest BCUT2D eigenvalue weighted by molar-refractivity contribution is 5.77. The van der Waals surface area contributed by atoms with Gasteiger partial charge in [0.25, 0.3) is 0 Å². The molecule has 0 fully saturated rings. The Hall–Kier alpha value is -2.40. The molecule has 0 saturated heterocycles. The van der Waals surface area contributed by atoms with E-state index in [1.54, 1.807) is 7.11 Å². The number of ether oxygens (including phenoxy) is 2. The summed E-state index contributed by atoms with van der Waals surface area (Å²) in [5, 5.41) is 9.70. The summed E-state index contributed by atoms with van der Waals surface area (Å²) in [5.74, 6) is 0.308. The van der Waals surface area contributed by atoms with E-state index < -0.39 is 0 Å². The van der Waals surface area contributed by atoms with Crippen molar-refractivity contribution < 1.29 is 19.4 Å². The molecule has 5 heteroatoms. The second-order valence-electron chi connectivity index (χ2n) is 9.32. The Morgan fingerprint density at radius 2 is 1.97 bits per heavy atom. The van der Waals surface area contributed by atoms with Crippen molar-refractivity contribution in [3.8, 4) is 5.75 Å². The summed E-state index contributed by atoms with van der Waals surface area (Å²) in [5.41, 5.74) is 5.41. The molecule has 1 aromatic carbocycles. The maximum Gasteiger partial charge on any atom is 0.310 e. The van der Waals surface area contributed by atoms with Gasteiger partial charge in [0.05, 0.1) is 25.3 Å². The first kappa shape index (κ1) is 25.2. The van der Waals surface area contributed by atoms with E-state index in [0.29, 0.717) is 19.4 Å². The van der Waals surface area contributed by atoms with Crippen LogP contribution in [0.2, 0.25) is 0 Å². The van der Waals surface area contributed by atoms with Crippen molar-refractivity contribution in [2.45, 2.75) is 71.6 Å². The molecular weight excluding hydrogens is 414 g/mol. The van der Waals surface area contributed by atoms with E-state index in [1.807, 2.05) is 19.1 Å². The normalized spacial score (nSPS) is 18.1. The lowest BCUT2D eigenvalue weighted by molar-refractivity contribution is -0.148. The summed E-state index contributed by atoms with van der Waals surface area (Å²) in [6.45, 7) is 6.88. The third kappa shape index (κ3) is 6.14. The van der Waals surface area contributed by atoms with Gasteiger partial charge in [-0.25, -0.2) is 0 Å². The van der Waals surface area contributed by atoms with E-state index in [4.69, 9.17) is 14.5 Å². The molecule has 0 aliphatic heterocycles. The molecule has 1 aromatic heterocycles. The minimum atomic E-state index is -0.289.